The van der Waals surface area contributed by atoms with Crippen LogP contribution in [0.1, 0.15) is 17.0 Å². The van der Waals surface area contributed by atoms with E-state index in [2.05, 4.69) is 15.3 Å². The summed E-state index contributed by atoms with van der Waals surface area (Å²) in [6, 6.07) is 11.1. The molecule has 120 valence electrons. The molecule has 1 N–H and O–H groups in total. The number of anilines is 1. The van der Waals surface area contributed by atoms with Gasteiger partial charge in [0.15, 0.2) is 0 Å². The van der Waals surface area contributed by atoms with Crippen LogP contribution in [-0.2, 0) is 4.79 Å². The van der Waals surface area contributed by atoms with E-state index in [-0.39, 0.29) is 5.91 Å². The maximum atomic E-state index is 11.9. The van der Waals surface area contributed by atoms with Crippen LogP contribution in [0.3, 0.4) is 0 Å². The molecule has 0 bridgehead atoms. The van der Waals surface area contributed by atoms with Crippen molar-refractivity contribution in [3.63, 3.8) is 0 Å². The number of carbonyl (C=O) groups excluding carboxylic acids is 1. The molecule has 24 heavy (non-hydrogen) atoms. The Balaban J connectivity index is 1.65. The lowest BCUT2D eigenvalue weighted by Crippen LogP contribution is -2.07. The average Bonchev–Trinajstić information content (AvgIpc) is 2.94. The summed E-state index contributed by atoms with van der Waals surface area (Å²) in [7, 11) is 0. The molecule has 5 nitrogen and oxygen atoms in total. The van der Waals surface area contributed by atoms with Crippen LogP contribution >= 0.6 is 0 Å². The number of aryl methyl sites for hydroxylation is 2. The topological polar surface area (TPSA) is 68.0 Å². The van der Waals surface area contributed by atoms with E-state index in [1.54, 1.807) is 18.5 Å². The molecule has 1 amide bonds. The fourth-order valence-electron chi connectivity index (χ4n) is 2.12. The van der Waals surface area contributed by atoms with Crippen molar-refractivity contribution in [2.45, 2.75) is 13.8 Å². The zero-order valence-electron chi connectivity index (χ0n) is 13.5. The summed E-state index contributed by atoms with van der Waals surface area (Å²) in [6.45, 7) is 3.79. The summed E-state index contributed by atoms with van der Waals surface area (Å²) in [5.74, 6) is 1.19. The molecular formula is C19H17N3O2. The predicted octanol–water partition coefficient (Wildman–Crippen LogP) is 4.01. The Morgan fingerprint density at radius 3 is 2.58 bits per heavy atom. The average molecular weight is 319 g/mol. The summed E-state index contributed by atoms with van der Waals surface area (Å²) in [6.07, 6.45) is 6.58. The number of amides is 1. The molecule has 0 atom stereocenters. The monoisotopic (exact) mass is 319 g/mol. The third-order valence-corrected chi connectivity index (χ3v) is 3.54. The van der Waals surface area contributed by atoms with Gasteiger partial charge in [-0.2, -0.15) is 0 Å². The fourth-order valence-corrected chi connectivity index (χ4v) is 2.12. The Kier molecular flexibility index (Phi) is 4.52. The summed E-state index contributed by atoms with van der Waals surface area (Å²) < 4.78 is 5.59. The molecule has 0 saturated heterocycles. The van der Waals surface area contributed by atoms with Gasteiger partial charge in [0.05, 0.1) is 5.69 Å². The van der Waals surface area contributed by atoms with Crippen LogP contribution in [0.2, 0.25) is 0 Å². The van der Waals surface area contributed by atoms with Crippen molar-refractivity contribution in [1.82, 2.24) is 9.97 Å². The number of nitrogens with zero attached hydrogens (tertiary/aromatic N) is 2. The molecule has 1 aromatic carbocycles. The second kappa shape index (κ2) is 6.91. The van der Waals surface area contributed by atoms with E-state index < -0.39 is 0 Å². The molecule has 0 aliphatic carbocycles. The van der Waals surface area contributed by atoms with E-state index in [0.717, 1.165) is 22.6 Å². The van der Waals surface area contributed by atoms with Crippen LogP contribution in [0.5, 0.6) is 0 Å². The minimum atomic E-state index is -0.200. The molecule has 0 aliphatic rings. The van der Waals surface area contributed by atoms with E-state index in [1.165, 1.54) is 6.08 Å². The minimum Gasteiger partial charge on any atom is -0.441 e. The number of nitrogens with one attached hydrogen (secondary N) is 1. The van der Waals surface area contributed by atoms with Gasteiger partial charge >= 0.3 is 0 Å². The second-order valence-corrected chi connectivity index (χ2v) is 5.35. The van der Waals surface area contributed by atoms with E-state index in [0.29, 0.717) is 11.6 Å². The fraction of sp³-hybridized carbons (Fsp3) is 0.105. The zero-order valence-corrected chi connectivity index (χ0v) is 13.5. The lowest BCUT2D eigenvalue weighted by molar-refractivity contribution is -0.111. The second-order valence-electron chi connectivity index (χ2n) is 5.35. The van der Waals surface area contributed by atoms with Crippen LogP contribution in [0.4, 0.5) is 5.69 Å². The van der Waals surface area contributed by atoms with Gasteiger partial charge in [0.25, 0.3) is 0 Å². The smallest absolute Gasteiger partial charge is 0.248 e. The standard InChI is InChI=1S/C19H17N3O2/c1-13-14(2)24-19(21-13)16-6-8-17(9-7-16)22-18(23)10-5-15-4-3-11-20-12-15/h3-12H,1-2H3,(H,22,23)/b10-5-. The Morgan fingerprint density at radius 1 is 1.17 bits per heavy atom. The van der Waals surface area contributed by atoms with Crippen molar-refractivity contribution < 1.29 is 9.21 Å². The third-order valence-electron chi connectivity index (χ3n) is 3.54. The summed E-state index contributed by atoms with van der Waals surface area (Å²) in [5.41, 5.74) is 3.33. The summed E-state index contributed by atoms with van der Waals surface area (Å²) >= 11 is 0. The van der Waals surface area contributed by atoms with Crippen LogP contribution in [0.15, 0.2) is 59.3 Å². The molecule has 3 aromatic rings. The van der Waals surface area contributed by atoms with Crippen LogP contribution in [0.25, 0.3) is 17.5 Å². The Hall–Kier alpha value is -3.21. The number of carbonyl (C=O) groups is 1. The highest BCUT2D eigenvalue weighted by Gasteiger charge is 2.08. The molecule has 2 aromatic heterocycles. The Morgan fingerprint density at radius 2 is 1.96 bits per heavy atom. The highest BCUT2D eigenvalue weighted by Crippen LogP contribution is 2.22. The molecule has 0 radical (unpaired) electrons. The molecule has 0 spiro atoms. The van der Waals surface area contributed by atoms with Crippen LogP contribution in [-0.4, -0.2) is 15.9 Å². The van der Waals surface area contributed by atoms with Gasteiger partial charge in [0.1, 0.15) is 5.76 Å². The number of pyridine rings is 1. The van der Waals surface area contributed by atoms with Gasteiger partial charge in [-0.25, -0.2) is 4.98 Å². The normalized spacial score (nSPS) is 10.9. The lowest BCUT2D eigenvalue weighted by atomic mass is 10.2. The molecule has 0 unspecified atom stereocenters. The first-order valence-electron chi connectivity index (χ1n) is 7.55. The quantitative estimate of drug-likeness (QED) is 0.738. The van der Waals surface area contributed by atoms with Crippen molar-refractivity contribution >= 4 is 17.7 Å². The Bertz CT molecular complexity index is 846. The number of benzene rings is 1. The first-order chi connectivity index (χ1) is 11.6. The minimum absolute atomic E-state index is 0.200. The number of hydrogen-bond acceptors (Lipinski definition) is 4. The lowest BCUT2D eigenvalue weighted by Gasteiger charge is -2.03. The number of aromatic nitrogens is 2. The molecule has 0 saturated carbocycles. The van der Waals surface area contributed by atoms with Crippen molar-refractivity contribution in [2.24, 2.45) is 0 Å². The predicted molar refractivity (Wildman–Crippen MR) is 93.3 cm³/mol. The summed E-state index contributed by atoms with van der Waals surface area (Å²) in [5, 5.41) is 2.81. The maximum absolute atomic E-state index is 11.9. The zero-order chi connectivity index (χ0) is 16.9. The highest BCUT2D eigenvalue weighted by molar-refractivity contribution is 6.01. The molecule has 0 aliphatic heterocycles. The van der Waals surface area contributed by atoms with Crippen LogP contribution in [0, 0.1) is 13.8 Å². The molecule has 0 fully saturated rings. The molecule has 2 heterocycles. The largest absolute Gasteiger partial charge is 0.441 e. The van der Waals surface area contributed by atoms with Crippen molar-refractivity contribution in [1.29, 1.82) is 0 Å². The van der Waals surface area contributed by atoms with Crippen molar-refractivity contribution in [2.75, 3.05) is 5.32 Å². The van der Waals surface area contributed by atoms with Gasteiger partial charge in [-0.1, -0.05) is 6.07 Å². The number of hydrogen-bond donors (Lipinski definition) is 1. The number of oxazole rings is 1. The van der Waals surface area contributed by atoms with E-state index in [1.807, 2.05) is 50.2 Å². The van der Waals surface area contributed by atoms with Gasteiger partial charge < -0.3 is 9.73 Å². The van der Waals surface area contributed by atoms with E-state index in [9.17, 15) is 4.79 Å². The third kappa shape index (κ3) is 3.76. The van der Waals surface area contributed by atoms with Crippen molar-refractivity contribution in [3.8, 4) is 11.5 Å². The van der Waals surface area contributed by atoms with Gasteiger partial charge in [-0.05, 0) is 55.8 Å². The first-order valence-corrected chi connectivity index (χ1v) is 7.55. The Labute approximate surface area is 140 Å². The SMILES string of the molecule is Cc1nc(-c2ccc(NC(=O)/C=C\c3cccnc3)cc2)oc1C. The molecule has 5 heteroatoms. The van der Waals surface area contributed by atoms with E-state index >= 15 is 0 Å². The highest BCUT2D eigenvalue weighted by atomic mass is 16.4. The van der Waals surface area contributed by atoms with Crippen molar-refractivity contribution in [3.05, 3.63) is 71.9 Å². The van der Waals surface area contributed by atoms with Gasteiger partial charge in [0.2, 0.25) is 11.8 Å². The van der Waals surface area contributed by atoms with Gasteiger partial charge in [-0.3, -0.25) is 9.78 Å². The molecule has 3 rings (SSSR count). The van der Waals surface area contributed by atoms with Gasteiger partial charge in [-0.15, -0.1) is 0 Å². The van der Waals surface area contributed by atoms with Gasteiger partial charge in [0, 0.05) is 29.7 Å². The van der Waals surface area contributed by atoms with E-state index in [4.69, 9.17) is 4.42 Å². The summed E-state index contributed by atoms with van der Waals surface area (Å²) in [4.78, 5) is 20.3. The van der Waals surface area contributed by atoms with Crippen LogP contribution < -0.4 is 5.32 Å². The first kappa shape index (κ1) is 15.7. The molecular weight excluding hydrogens is 302 g/mol. The number of rotatable bonds is 4. The maximum Gasteiger partial charge on any atom is 0.248 e.